The van der Waals surface area contributed by atoms with Crippen molar-refractivity contribution in [3.05, 3.63) is 11.1 Å². The lowest BCUT2D eigenvalue weighted by Gasteiger charge is -2.22. The predicted molar refractivity (Wildman–Crippen MR) is 78.0 cm³/mol. The third-order valence-electron chi connectivity index (χ3n) is 2.72. The zero-order chi connectivity index (χ0) is 15.9. The van der Waals surface area contributed by atoms with Gasteiger partial charge >= 0.3 is 11.9 Å². The van der Waals surface area contributed by atoms with E-state index in [0.717, 1.165) is 0 Å². The van der Waals surface area contributed by atoms with Gasteiger partial charge in [-0.3, -0.25) is 0 Å². The maximum Gasteiger partial charge on any atom is 0.332 e. The van der Waals surface area contributed by atoms with Gasteiger partial charge in [-0.15, -0.1) is 0 Å². The average molecular weight is 304 g/mol. The van der Waals surface area contributed by atoms with Crippen molar-refractivity contribution in [2.45, 2.75) is 19.8 Å². The first-order valence-electron chi connectivity index (χ1n) is 6.34. The Morgan fingerprint density at radius 2 is 1.65 bits per heavy atom. The SMILES string of the molecule is CC/C(C(=O)O)=C(/CC=[P+]([O-])CC[N+](C)(C)C)C(=O)O. The average Bonchev–Trinajstić information content (AvgIpc) is 2.29. The molecule has 1 atom stereocenters. The number of carbonyl (C=O) groups is 2. The quantitative estimate of drug-likeness (QED) is 0.387. The van der Waals surface area contributed by atoms with Crippen LogP contribution < -0.4 is 4.89 Å². The van der Waals surface area contributed by atoms with Crippen LogP contribution in [0.1, 0.15) is 19.8 Å². The Bertz CT molecular complexity index is 435. The highest BCUT2D eigenvalue weighted by atomic mass is 31.1. The number of quaternary nitrogens is 1. The Kier molecular flexibility index (Phi) is 7.64. The monoisotopic (exact) mass is 304 g/mol. The number of hydrogen-bond acceptors (Lipinski definition) is 3. The molecular formula is C13H23NO5P+. The van der Waals surface area contributed by atoms with Crippen molar-refractivity contribution in [2.24, 2.45) is 0 Å². The zero-order valence-electron chi connectivity index (χ0n) is 12.4. The maximum absolute atomic E-state index is 11.8. The van der Waals surface area contributed by atoms with Crippen molar-refractivity contribution in [3.8, 4) is 0 Å². The standard InChI is InChI=1S/C13H22NO5P/c1-5-10(12(15)16)11(13(17)18)6-8-20(19)9-7-14(2,3)4/h8H,5-7,9H2,1-4H3,(H-,15,16,17,18)/p+1/b11-10+. The first kappa shape index (κ1) is 18.8. The second-order valence-electron chi connectivity index (χ2n) is 5.46. The summed E-state index contributed by atoms with van der Waals surface area (Å²) >= 11 is 0. The van der Waals surface area contributed by atoms with Crippen LogP contribution in [0.2, 0.25) is 0 Å². The highest BCUT2D eigenvalue weighted by Gasteiger charge is 2.19. The van der Waals surface area contributed by atoms with Gasteiger partial charge in [0.2, 0.25) is 0 Å². The minimum atomic E-state index is -1.63. The van der Waals surface area contributed by atoms with Gasteiger partial charge in [-0.05, 0) is 6.42 Å². The smallest absolute Gasteiger partial charge is 0.332 e. The van der Waals surface area contributed by atoms with Gasteiger partial charge in [0.25, 0.3) is 0 Å². The molecule has 0 aliphatic rings. The van der Waals surface area contributed by atoms with Crippen LogP contribution in [-0.4, -0.2) is 66.3 Å². The molecule has 0 aromatic heterocycles. The van der Waals surface area contributed by atoms with Crippen molar-refractivity contribution in [2.75, 3.05) is 33.8 Å². The van der Waals surface area contributed by atoms with Gasteiger partial charge in [-0.1, -0.05) is 6.92 Å². The molecule has 0 saturated carbocycles. The van der Waals surface area contributed by atoms with Crippen molar-refractivity contribution in [1.82, 2.24) is 0 Å². The molecule has 0 aromatic carbocycles. The molecule has 0 saturated heterocycles. The van der Waals surface area contributed by atoms with E-state index in [1.807, 2.05) is 21.1 Å². The van der Waals surface area contributed by atoms with Crippen LogP contribution in [0.3, 0.4) is 0 Å². The Balaban J connectivity index is 4.96. The molecule has 0 amide bonds. The second-order valence-corrected chi connectivity index (χ2v) is 7.11. The molecule has 0 aliphatic heterocycles. The molecular weight excluding hydrogens is 281 g/mol. The molecule has 0 heterocycles. The normalized spacial score (nSPS) is 13.9. The van der Waals surface area contributed by atoms with Crippen LogP contribution in [0.25, 0.3) is 0 Å². The molecule has 1 unspecified atom stereocenters. The molecule has 2 N–H and O–H groups in total. The zero-order valence-corrected chi connectivity index (χ0v) is 13.3. The lowest BCUT2D eigenvalue weighted by atomic mass is 10.0. The maximum atomic E-state index is 11.8. The molecule has 0 rings (SSSR count). The summed E-state index contributed by atoms with van der Waals surface area (Å²) in [6.45, 7) is 2.29. The van der Waals surface area contributed by atoms with Crippen LogP contribution >= 0.6 is 7.77 Å². The third kappa shape index (κ3) is 7.38. The van der Waals surface area contributed by atoms with Crippen LogP contribution in [0.5, 0.6) is 0 Å². The van der Waals surface area contributed by atoms with E-state index in [4.69, 9.17) is 10.2 Å². The van der Waals surface area contributed by atoms with Gasteiger partial charge < -0.3 is 19.6 Å². The van der Waals surface area contributed by atoms with Crippen LogP contribution in [0.15, 0.2) is 11.1 Å². The van der Waals surface area contributed by atoms with E-state index in [2.05, 4.69) is 0 Å². The van der Waals surface area contributed by atoms with E-state index in [0.29, 0.717) is 17.2 Å². The fraction of sp³-hybridized carbons (Fsp3) is 0.615. The van der Waals surface area contributed by atoms with E-state index in [-0.39, 0.29) is 24.0 Å². The molecule has 7 heteroatoms. The van der Waals surface area contributed by atoms with Crippen molar-refractivity contribution >= 4 is 25.5 Å². The molecule has 0 aromatic rings. The highest BCUT2D eigenvalue weighted by molar-refractivity contribution is 7.50. The second kappa shape index (κ2) is 8.15. The topological polar surface area (TPSA) is 97.7 Å². The summed E-state index contributed by atoms with van der Waals surface area (Å²) in [4.78, 5) is 33.9. The summed E-state index contributed by atoms with van der Waals surface area (Å²) in [5.74, 6) is -1.09. The lowest BCUT2D eigenvalue weighted by molar-refractivity contribution is -0.867. The molecule has 114 valence electrons. The molecule has 0 fully saturated rings. The molecule has 0 radical (unpaired) electrons. The fourth-order valence-electron chi connectivity index (χ4n) is 1.52. The number of rotatable bonds is 8. The van der Waals surface area contributed by atoms with Crippen LogP contribution in [0.4, 0.5) is 0 Å². The number of carboxylic acid groups (broad SMARTS) is 2. The van der Waals surface area contributed by atoms with Gasteiger partial charge in [0, 0.05) is 12.0 Å². The Hall–Kier alpha value is -1.23. The van der Waals surface area contributed by atoms with Gasteiger partial charge in [0.15, 0.2) is 6.16 Å². The fourth-order valence-corrected chi connectivity index (χ4v) is 2.88. The van der Waals surface area contributed by atoms with Gasteiger partial charge in [0.1, 0.15) is 6.54 Å². The van der Waals surface area contributed by atoms with Crippen LogP contribution in [-0.2, 0) is 9.59 Å². The summed E-state index contributed by atoms with van der Waals surface area (Å²) in [5.41, 5.74) is -0.322. The summed E-state index contributed by atoms with van der Waals surface area (Å²) in [7, 11) is 4.30. The first-order chi connectivity index (χ1) is 9.08. The highest BCUT2D eigenvalue weighted by Crippen LogP contribution is 2.17. The summed E-state index contributed by atoms with van der Waals surface area (Å²) < 4.78 is 0.672. The first-order valence-corrected chi connectivity index (χ1v) is 7.86. The van der Waals surface area contributed by atoms with E-state index < -0.39 is 19.7 Å². The minimum Gasteiger partial charge on any atom is -0.631 e. The molecule has 6 nitrogen and oxygen atoms in total. The van der Waals surface area contributed by atoms with Crippen molar-refractivity contribution < 1.29 is 29.2 Å². The Labute approximate surface area is 120 Å². The summed E-state index contributed by atoms with van der Waals surface area (Å²) in [5, 5.41) is 18.0. The summed E-state index contributed by atoms with van der Waals surface area (Å²) in [6.07, 6.45) is 0.498. The van der Waals surface area contributed by atoms with E-state index in [9.17, 15) is 14.5 Å². The molecule has 0 bridgehead atoms. The molecule has 20 heavy (non-hydrogen) atoms. The van der Waals surface area contributed by atoms with E-state index in [1.54, 1.807) is 6.92 Å². The van der Waals surface area contributed by atoms with Gasteiger partial charge in [0.05, 0.1) is 40.3 Å². The lowest BCUT2D eigenvalue weighted by Crippen LogP contribution is -2.36. The third-order valence-corrected chi connectivity index (χ3v) is 3.96. The number of nitrogens with zero attached hydrogens (tertiary/aromatic N) is 1. The summed E-state index contributed by atoms with van der Waals surface area (Å²) in [6, 6.07) is 0. The number of carboxylic acids is 2. The predicted octanol–water partition coefficient (Wildman–Crippen LogP) is 0.518. The Morgan fingerprint density at radius 3 is 2.00 bits per heavy atom. The van der Waals surface area contributed by atoms with E-state index >= 15 is 0 Å². The number of hydrogen-bond donors (Lipinski definition) is 2. The van der Waals surface area contributed by atoms with Crippen molar-refractivity contribution in [1.29, 1.82) is 0 Å². The molecule has 0 aliphatic carbocycles. The van der Waals surface area contributed by atoms with E-state index in [1.165, 1.54) is 5.80 Å². The molecule has 0 spiro atoms. The van der Waals surface area contributed by atoms with Gasteiger partial charge in [-0.2, -0.15) is 0 Å². The minimum absolute atomic E-state index is 0.0862. The number of aliphatic carboxylic acids is 2. The largest absolute Gasteiger partial charge is 0.631 e. The van der Waals surface area contributed by atoms with Crippen LogP contribution in [0, 0.1) is 0 Å². The Morgan fingerprint density at radius 1 is 1.15 bits per heavy atom. The van der Waals surface area contributed by atoms with Gasteiger partial charge in [-0.25, -0.2) is 9.59 Å². The van der Waals surface area contributed by atoms with Crippen molar-refractivity contribution in [3.63, 3.8) is 0 Å².